The number of carboxylic acid groups (broad SMARTS) is 1. The van der Waals surface area contributed by atoms with Crippen LogP contribution in [0.2, 0.25) is 0 Å². The Morgan fingerprint density at radius 1 is 1.05 bits per heavy atom. The van der Waals surface area contributed by atoms with E-state index >= 15 is 0 Å². The lowest BCUT2D eigenvalue weighted by Crippen LogP contribution is -2.09. The molecule has 0 bridgehead atoms. The van der Waals surface area contributed by atoms with E-state index in [4.69, 9.17) is 4.74 Å². The minimum Gasteiger partial charge on any atom is -0.477 e. The number of hydrogen-bond acceptors (Lipinski definition) is 4. The second-order valence-corrected chi connectivity index (χ2v) is 5.20. The zero-order valence-corrected chi connectivity index (χ0v) is 12.8. The number of aryl methyl sites for hydroxylation is 3. The predicted octanol–water partition coefficient (Wildman–Crippen LogP) is 3.51. The van der Waals surface area contributed by atoms with Crippen molar-refractivity contribution in [2.45, 2.75) is 34.6 Å². The Morgan fingerprint density at radius 3 is 2.33 bits per heavy atom. The fourth-order valence-electron chi connectivity index (χ4n) is 2.12. The van der Waals surface area contributed by atoms with Gasteiger partial charge in [-0.2, -0.15) is 5.10 Å². The van der Waals surface area contributed by atoms with Gasteiger partial charge in [0.15, 0.2) is 0 Å². The maximum atomic E-state index is 11.5. The number of aromatic nitrogens is 2. The average Bonchev–Trinajstić information content (AvgIpc) is 2.39. The molecule has 0 unspecified atom stereocenters. The van der Waals surface area contributed by atoms with E-state index in [1.807, 2.05) is 32.9 Å². The number of ether oxygens (including phenoxy) is 1. The van der Waals surface area contributed by atoms with Crippen LogP contribution >= 0.6 is 0 Å². The van der Waals surface area contributed by atoms with E-state index in [9.17, 15) is 9.90 Å². The predicted molar refractivity (Wildman–Crippen MR) is 79.2 cm³/mol. The van der Waals surface area contributed by atoms with Crippen molar-refractivity contribution in [1.82, 2.24) is 10.2 Å². The molecule has 0 saturated heterocycles. The van der Waals surface area contributed by atoms with Gasteiger partial charge in [0.25, 0.3) is 5.88 Å². The Kier molecular flexibility index (Phi) is 3.93. The molecule has 2 aromatic rings. The van der Waals surface area contributed by atoms with Gasteiger partial charge in [0.05, 0.1) is 5.69 Å². The first kappa shape index (κ1) is 15.0. The summed E-state index contributed by atoms with van der Waals surface area (Å²) in [6.45, 7) is 9.30. The van der Waals surface area contributed by atoms with E-state index in [0.717, 1.165) is 16.7 Å². The van der Waals surface area contributed by atoms with Crippen LogP contribution in [0.15, 0.2) is 12.1 Å². The highest BCUT2D eigenvalue weighted by molar-refractivity contribution is 5.92. The Bertz CT molecular complexity index is 724. The fraction of sp³-hybridized carbons (Fsp3) is 0.312. The molecule has 5 heteroatoms. The third-order valence-corrected chi connectivity index (χ3v) is 3.61. The Labute approximate surface area is 123 Å². The van der Waals surface area contributed by atoms with Crippen LogP contribution in [0.5, 0.6) is 11.6 Å². The minimum absolute atomic E-state index is 0.0266. The van der Waals surface area contributed by atoms with Crippen LogP contribution in [-0.2, 0) is 0 Å². The van der Waals surface area contributed by atoms with Gasteiger partial charge in [-0.15, -0.1) is 5.10 Å². The summed E-state index contributed by atoms with van der Waals surface area (Å²) in [5.41, 5.74) is 4.28. The summed E-state index contributed by atoms with van der Waals surface area (Å²) < 4.78 is 5.74. The highest BCUT2D eigenvalue weighted by Gasteiger charge is 2.20. The van der Waals surface area contributed by atoms with Crippen molar-refractivity contribution in [3.63, 3.8) is 0 Å². The second kappa shape index (κ2) is 5.52. The zero-order chi connectivity index (χ0) is 15.7. The number of nitrogens with zero attached hydrogens (tertiary/aromatic N) is 2. The number of aromatic carboxylic acids is 1. The first-order valence-corrected chi connectivity index (χ1v) is 6.64. The van der Waals surface area contributed by atoms with Crippen LogP contribution in [0.4, 0.5) is 0 Å². The zero-order valence-electron chi connectivity index (χ0n) is 12.8. The van der Waals surface area contributed by atoms with Crippen LogP contribution in [-0.4, -0.2) is 21.3 Å². The van der Waals surface area contributed by atoms with Crippen LogP contribution in [0.25, 0.3) is 0 Å². The molecule has 21 heavy (non-hydrogen) atoms. The van der Waals surface area contributed by atoms with Crippen molar-refractivity contribution in [3.8, 4) is 11.6 Å². The van der Waals surface area contributed by atoms with Gasteiger partial charge in [0, 0.05) is 0 Å². The molecule has 1 heterocycles. The number of hydrogen-bond donors (Lipinski definition) is 1. The fourth-order valence-corrected chi connectivity index (χ4v) is 2.12. The van der Waals surface area contributed by atoms with E-state index in [-0.39, 0.29) is 11.4 Å². The lowest BCUT2D eigenvalue weighted by atomic mass is 10.1. The maximum absolute atomic E-state index is 11.5. The molecule has 0 radical (unpaired) electrons. The standard InChI is InChI=1S/C16H18N2O3/c1-8-6-9(2)10(3)13(7-8)21-15-14(16(19)20)11(4)12(5)17-18-15/h6-7H,1-5H3,(H,19,20). The largest absolute Gasteiger partial charge is 0.477 e. The quantitative estimate of drug-likeness (QED) is 0.934. The summed E-state index contributed by atoms with van der Waals surface area (Å²) in [5, 5.41) is 17.2. The molecule has 0 aliphatic rings. The van der Waals surface area contributed by atoms with E-state index in [0.29, 0.717) is 17.0 Å². The molecule has 0 aliphatic heterocycles. The highest BCUT2D eigenvalue weighted by atomic mass is 16.5. The van der Waals surface area contributed by atoms with Gasteiger partial charge in [-0.05, 0) is 62.9 Å². The second-order valence-electron chi connectivity index (χ2n) is 5.20. The molecule has 1 aromatic heterocycles. The van der Waals surface area contributed by atoms with Crippen molar-refractivity contribution in [2.75, 3.05) is 0 Å². The van der Waals surface area contributed by atoms with Gasteiger partial charge in [-0.1, -0.05) is 6.07 Å². The van der Waals surface area contributed by atoms with E-state index < -0.39 is 5.97 Å². The Balaban J connectivity index is 2.55. The molecule has 0 fully saturated rings. The average molecular weight is 286 g/mol. The Morgan fingerprint density at radius 2 is 1.71 bits per heavy atom. The third kappa shape index (κ3) is 2.86. The smallest absolute Gasteiger partial charge is 0.341 e. The molecule has 0 saturated carbocycles. The summed E-state index contributed by atoms with van der Waals surface area (Å²) in [7, 11) is 0. The summed E-state index contributed by atoms with van der Waals surface area (Å²) in [6.07, 6.45) is 0. The van der Waals surface area contributed by atoms with Crippen LogP contribution in [0.1, 0.15) is 38.3 Å². The molecule has 0 atom stereocenters. The molecule has 0 aliphatic carbocycles. The van der Waals surface area contributed by atoms with Crippen molar-refractivity contribution >= 4 is 5.97 Å². The molecule has 1 aromatic carbocycles. The van der Waals surface area contributed by atoms with Crippen molar-refractivity contribution in [2.24, 2.45) is 0 Å². The molecule has 1 N–H and O–H groups in total. The Hall–Kier alpha value is -2.43. The lowest BCUT2D eigenvalue weighted by Gasteiger charge is -2.14. The maximum Gasteiger partial charge on any atom is 0.341 e. The number of benzene rings is 1. The van der Waals surface area contributed by atoms with E-state index in [2.05, 4.69) is 10.2 Å². The van der Waals surface area contributed by atoms with Crippen molar-refractivity contribution in [3.05, 3.63) is 45.6 Å². The van der Waals surface area contributed by atoms with Crippen LogP contribution in [0, 0.1) is 34.6 Å². The number of carboxylic acids is 1. The van der Waals surface area contributed by atoms with E-state index in [1.165, 1.54) is 0 Å². The van der Waals surface area contributed by atoms with Gasteiger partial charge in [0.2, 0.25) is 0 Å². The van der Waals surface area contributed by atoms with Gasteiger partial charge >= 0.3 is 5.97 Å². The van der Waals surface area contributed by atoms with Crippen molar-refractivity contribution < 1.29 is 14.6 Å². The van der Waals surface area contributed by atoms with Crippen molar-refractivity contribution in [1.29, 1.82) is 0 Å². The summed E-state index contributed by atoms with van der Waals surface area (Å²) in [4.78, 5) is 11.5. The highest BCUT2D eigenvalue weighted by Crippen LogP contribution is 2.30. The SMILES string of the molecule is Cc1cc(C)c(C)c(Oc2nnc(C)c(C)c2C(=O)O)c1. The molecule has 2 rings (SSSR count). The van der Waals surface area contributed by atoms with Gasteiger partial charge in [0.1, 0.15) is 11.3 Å². The third-order valence-electron chi connectivity index (χ3n) is 3.61. The summed E-state index contributed by atoms with van der Waals surface area (Å²) in [6, 6.07) is 3.91. The van der Waals surface area contributed by atoms with Gasteiger partial charge < -0.3 is 9.84 Å². The normalized spacial score (nSPS) is 10.5. The van der Waals surface area contributed by atoms with Gasteiger partial charge in [-0.25, -0.2) is 4.79 Å². The molecule has 5 nitrogen and oxygen atoms in total. The topological polar surface area (TPSA) is 72.3 Å². The van der Waals surface area contributed by atoms with Crippen LogP contribution in [0.3, 0.4) is 0 Å². The molecule has 110 valence electrons. The first-order chi connectivity index (χ1) is 9.81. The van der Waals surface area contributed by atoms with Crippen LogP contribution < -0.4 is 4.74 Å². The number of carbonyl (C=O) groups is 1. The minimum atomic E-state index is -1.07. The molecule has 0 amide bonds. The summed E-state index contributed by atoms with van der Waals surface area (Å²) in [5.74, 6) is -0.436. The molecular weight excluding hydrogens is 268 g/mol. The first-order valence-electron chi connectivity index (χ1n) is 6.64. The summed E-state index contributed by atoms with van der Waals surface area (Å²) >= 11 is 0. The molecular formula is C16H18N2O3. The monoisotopic (exact) mass is 286 g/mol. The number of rotatable bonds is 3. The lowest BCUT2D eigenvalue weighted by molar-refractivity contribution is 0.0692. The van der Waals surface area contributed by atoms with E-state index in [1.54, 1.807) is 13.8 Å². The van der Waals surface area contributed by atoms with Gasteiger partial charge in [-0.3, -0.25) is 0 Å². The molecule has 0 spiro atoms.